The highest BCUT2D eigenvalue weighted by molar-refractivity contribution is 5.77. The minimum absolute atomic E-state index is 0.0653. The van der Waals surface area contributed by atoms with Crippen LogP contribution in [0.1, 0.15) is 31.9 Å². The van der Waals surface area contributed by atoms with E-state index in [1.54, 1.807) is 0 Å². The molecule has 1 saturated heterocycles. The van der Waals surface area contributed by atoms with Crippen LogP contribution in [-0.2, 0) is 16.8 Å². The average molecular weight is 367 g/mol. The minimum atomic E-state index is 0.0653. The molecule has 0 atom stereocenters. The second-order valence-corrected chi connectivity index (χ2v) is 8.21. The van der Waals surface area contributed by atoms with Crippen molar-refractivity contribution in [2.24, 2.45) is 0 Å². The Kier molecular flexibility index (Phi) is 6.17. The van der Waals surface area contributed by atoms with Crippen molar-refractivity contribution in [2.45, 2.75) is 32.7 Å². The molecule has 0 saturated carbocycles. The van der Waals surface area contributed by atoms with Gasteiger partial charge in [0.1, 0.15) is 5.75 Å². The lowest BCUT2D eigenvalue weighted by Crippen LogP contribution is -2.49. The van der Waals surface area contributed by atoms with Gasteiger partial charge in [0, 0.05) is 32.7 Å². The topological polar surface area (TPSA) is 32.8 Å². The number of hydrogen-bond acceptors (Lipinski definition) is 3. The highest BCUT2D eigenvalue weighted by Crippen LogP contribution is 2.25. The monoisotopic (exact) mass is 366 g/mol. The van der Waals surface area contributed by atoms with E-state index in [1.165, 1.54) is 11.1 Å². The Labute approximate surface area is 162 Å². The van der Waals surface area contributed by atoms with Gasteiger partial charge in [-0.05, 0) is 28.7 Å². The normalized spacial score (nSPS) is 15.6. The van der Waals surface area contributed by atoms with Crippen LogP contribution in [0.25, 0.3) is 0 Å². The summed E-state index contributed by atoms with van der Waals surface area (Å²) < 4.78 is 5.77. The molecule has 0 radical (unpaired) electrons. The van der Waals surface area contributed by atoms with Crippen LogP contribution in [0, 0.1) is 0 Å². The molecule has 1 aliphatic rings. The number of piperazine rings is 1. The van der Waals surface area contributed by atoms with E-state index < -0.39 is 0 Å². The highest BCUT2D eigenvalue weighted by Gasteiger charge is 2.21. The zero-order chi connectivity index (χ0) is 19.3. The zero-order valence-electron chi connectivity index (χ0n) is 16.6. The maximum atomic E-state index is 12.5. The molecule has 1 heterocycles. The molecule has 27 heavy (non-hydrogen) atoms. The smallest absolute Gasteiger partial charge is 0.260 e. The SMILES string of the molecule is CC(C)(C)c1cccc(OCC(=O)N2CCN(Cc3ccccc3)CC2)c1. The van der Waals surface area contributed by atoms with Crippen LogP contribution < -0.4 is 4.74 Å². The molecule has 144 valence electrons. The van der Waals surface area contributed by atoms with Gasteiger partial charge in [-0.15, -0.1) is 0 Å². The van der Waals surface area contributed by atoms with Crippen molar-refractivity contribution in [1.29, 1.82) is 0 Å². The van der Waals surface area contributed by atoms with Crippen molar-refractivity contribution in [3.63, 3.8) is 0 Å². The van der Waals surface area contributed by atoms with Crippen LogP contribution in [-0.4, -0.2) is 48.5 Å². The number of rotatable bonds is 5. The van der Waals surface area contributed by atoms with Crippen molar-refractivity contribution >= 4 is 5.91 Å². The third-order valence-corrected chi connectivity index (χ3v) is 5.04. The van der Waals surface area contributed by atoms with Gasteiger partial charge in [0.2, 0.25) is 0 Å². The lowest BCUT2D eigenvalue weighted by molar-refractivity contribution is -0.135. The van der Waals surface area contributed by atoms with Crippen molar-refractivity contribution in [2.75, 3.05) is 32.8 Å². The van der Waals surface area contributed by atoms with E-state index in [9.17, 15) is 4.79 Å². The molecule has 2 aromatic rings. The van der Waals surface area contributed by atoms with E-state index in [1.807, 2.05) is 29.2 Å². The summed E-state index contributed by atoms with van der Waals surface area (Å²) >= 11 is 0. The van der Waals surface area contributed by atoms with E-state index in [0.717, 1.165) is 38.5 Å². The maximum absolute atomic E-state index is 12.5. The molecule has 0 unspecified atom stereocenters. The molecule has 1 aliphatic heterocycles. The quantitative estimate of drug-likeness (QED) is 0.809. The predicted octanol–water partition coefficient (Wildman–Crippen LogP) is 3.71. The molecule has 0 spiro atoms. The van der Waals surface area contributed by atoms with Gasteiger partial charge in [-0.2, -0.15) is 0 Å². The van der Waals surface area contributed by atoms with Crippen LogP contribution in [0.15, 0.2) is 54.6 Å². The summed E-state index contributed by atoms with van der Waals surface area (Å²) in [5.41, 5.74) is 2.60. The first-order chi connectivity index (χ1) is 12.9. The maximum Gasteiger partial charge on any atom is 0.260 e. The van der Waals surface area contributed by atoms with Crippen molar-refractivity contribution in [3.8, 4) is 5.75 Å². The number of nitrogens with zero attached hydrogens (tertiary/aromatic N) is 2. The van der Waals surface area contributed by atoms with Crippen LogP contribution in [0.3, 0.4) is 0 Å². The summed E-state index contributed by atoms with van der Waals surface area (Å²) in [5, 5.41) is 0. The second kappa shape index (κ2) is 8.57. The summed E-state index contributed by atoms with van der Waals surface area (Å²) in [7, 11) is 0. The fraction of sp³-hybridized carbons (Fsp3) is 0.435. The van der Waals surface area contributed by atoms with Gasteiger partial charge < -0.3 is 9.64 Å². The minimum Gasteiger partial charge on any atom is -0.484 e. The summed E-state index contributed by atoms with van der Waals surface area (Å²) in [6.45, 7) is 10.9. The molecule has 1 fully saturated rings. The first-order valence-corrected chi connectivity index (χ1v) is 9.69. The number of carbonyl (C=O) groups excluding carboxylic acids is 1. The molecule has 0 aliphatic carbocycles. The lowest BCUT2D eigenvalue weighted by atomic mass is 9.87. The van der Waals surface area contributed by atoms with E-state index in [4.69, 9.17) is 4.74 Å². The standard InChI is InChI=1S/C23H30N2O2/c1-23(2,3)20-10-7-11-21(16-20)27-18-22(26)25-14-12-24(13-15-25)17-19-8-5-4-6-9-19/h4-11,16H,12-15,17-18H2,1-3H3. The van der Waals surface area contributed by atoms with Gasteiger partial charge in [0.25, 0.3) is 5.91 Å². The number of hydrogen-bond donors (Lipinski definition) is 0. The van der Waals surface area contributed by atoms with Gasteiger partial charge in [-0.3, -0.25) is 9.69 Å². The van der Waals surface area contributed by atoms with E-state index in [2.05, 4.69) is 56.0 Å². The Morgan fingerprint density at radius 3 is 2.33 bits per heavy atom. The molecule has 3 rings (SSSR count). The van der Waals surface area contributed by atoms with Crippen molar-refractivity contribution < 1.29 is 9.53 Å². The first kappa shape index (κ1) is 19.4. The second-order valence-electron chi connectivity index (χ2n) is 8.21. The molecule has 1 amide bonds. The molecular formula is C23H30N2O2. The molecule has 0 aromatic heterocycles. The Morgan fingerprint density at radius 2 is 1.67 bits per heavy atom. The van der Waals surface area contributed by atoms with Gasteiger partial charge in [-0.25, -0.2) is 0 Å². The van der Waals surface area contributed by atoms with Crippen LogP contribution >= 0.6 is 0 Å². The van der Waals surface area contributed by atoms with Gasteiger partial charge in [0.15, 0.2) is 6.61 Å². The first-order valence-electron chi connectivity index (χ1n) is 9.69. The summed E-state index contributed by atoms with van der Waals surface area (Å²) in [5.74, 6) is 0.828. The zero-order valence-corrected chi connectivity index (χ0v) is 16.6. The number of amides is 1. The summed E-state index contributed by atoms with van der Waals surface area (Å²) in [4.78, 5) is 16.8. The Balaban J connectivity index is 1.46. The molecule has 2 aromatic carbocycles. The molecule has 4 nitrogen and oxygen atoms in total. The van der Waals surface area contributed by atoms with Crippen LogP contribution in [0.5, 0.6) is 5.75 Å². The third kappa shape index (κ3) is 5.57. The van der Waals surface area contributed by atoms with E-state index >= 15 is 0 Å². The predicted molar refractivity (Wildman–Crippen MR) is 109 cm³/mol. The number of ether oxygens (including phenoxy) is 1. The van der Waals surface area contributed by atoms with E-state index in [-0.39, 0.29) is 17.9 Å². The van der Waals surface area contributed by atoms with Crippen LogP contribution in [0.4, 0.5) is 0 Å². The van der Waals surface area contributed by atoms with Crippen molar-refractivity contribution in [3.05, 3.63) is 65.7 Å². The average Bonchev–Trinajstić information content (AvgIpc) is 2.67. The Bertz CT molecular complexity index is 744. The largest absolute Gasteiger partial charge is 0.484 e. The van der Waals surface area contributed by atoms with Crippen molar-refractivity contribution in [1.82, 2.24) is 9.80 Å². The summed E-state index contributed by atoms with van der Waals surface area (Å²) in [6.07, 6.45) is 0. The number of benzene rings is 2. The Morgan fingerprint density at radius 1 is 0.963 bits per heavy atom. The Hall–Kier alpha value is -2.33. The summed E-state index contributed by atoms with van der Waals surface area (Å²) in [6, 6.07) is 18.5. The third-order valence-electron chi connectivity index (χ3n) is 5.04. The van der Waals surface area contributed by atoms with Gasteiger partial charge in [0.05, 0.1) is 0 Å². The van der Waals surface area contributed by atoms with E-state index in [0.29, 0.717) is 0 Å². The van der Waals surface area contributed by atoms with Gasteiger partial charge in [-0.1, -0.05) is 63.2 Å². The molecule has 0 N–H and O–H groups in total. The lowest BCUT2D eigenvalue weighted by Gasteiger charge is -2.34. The van der Waals surface area contributed by atoms with Gasteiger partial charge >= 0.3 is 0 Å². The molecular weight excluding hydrogens is 336 g/mol. The number of carbonyl (C=O) groups is 1. The van der Waals surface area contributed by atoms with Crippen LogP contribution in [0.2, 0.25) is 0 Å². The fourth-order valence-corrected chi connectivity index (χ4v) is 3.29. The molecule has 0 bridgehead atoms. The highest BCUT2D eigenvalue weighted by atomic mass is 16.5. The molecule has 4 heteroatoms. The fourth-order valence-electron chi connectivity index (χ4n) is 3.29.